The summed E-state index contributed by atoms with van der Waals surface area (Å²) in [4.78, 5) is 23.2. The van der Waals surface area contributed by atoms with E-state index in [0.717, 1.165) is 4.90 Å². The van der Waals surface area contributed by atoms with E-state index in [1.807, 2.05) is 0 Å². The predicted molar refractivity (Wildman–Crippen MR) is 56.0 cm³/mol. The summed E-state index contributed by atoms with van der Waals surface area (Å²) in [5.74, 6) is -4.50. The number of carbonyl (C=O) groups is 2. The molecule has 2 amide bonds. The summed E-state index contributed by atoms with van der Waals surface area (Å²) in [5.41, 5.74) is 0. The molecule has 0 radical (unpaired) electrons. The van der Waals surface area contributed by atoms with E-state index in [-0.39, 0.29) is 19.5 Å². The van der Waals surface area contributed by atoms with Crippen molar-refractivity contribution in [3.8, 4) is 0 Å². The number of nitrogens with zero attached hydrogens (tertiary/aromatic N) is 1. The van der Waals surface area contributed by atoms with Crippen LogP contribution in [0.3, 0.4) is 0 Å². The van der Waals surface area contributed by atoms with E-state index in [1.165, 1.54) is 0 Å². The van der Waals surface area contributed by atoms with E-state index in [2.05, 4.69) is 5.32 Å². The van der Waals surface area contributed by atoms with Crippen LogP contribution in [0.2, 0.25) is 0 Å². The molecule has 1 rings (SSSR count). The third-order valence-electron chi connectivity index (χ3n) is 2.80. The van der Waals surface area contributed by atoms with Gasteiger partial charge in [-0.3, -0.25) is 4.79 Å². The maximum absolute atomic E-state index is 12.8. The van der Waals surface area contributed by atoms with Crippen LogP contribution in [0.4, 0.5) is 13.6 Å². The molecule has 0 aliphatic carbocycles. The summed E-state index contributed by atoms with van der Waals surface area (Å²) < 4.78 is 25.7. The maximum atomic E-state index is 12.8. The van der Waals surface area contributed by atoms with Crippen LogP contribution in [-0.2, 0) is 4.79 Å². The van der Waals surface area contributed by atoms with Gasteiger partial charge >= 0.3 is 12.0 Å². The van der Waals surface area contributed by atoms with Crippen molar-refractivity contribution in [2.45, 2.75) is 25.7 Å². The molecular formula is C10H16F2N2O3. The van der Waals surface area contributed by atoms with Crippen LogP contribution in [0, 0.1) is 5.92 Å². The number of nitrogens with one attached hydrogen (secondary N) is 1. The van der Waals surface area contributed by atoms with Crippen molar-refractivity contribution >= 4 is 12.0 Å². The molecule has 0 spiro atoms. The van der Waals surface area contributed by atoms with Crippen LogP contribution in [0.5, 0.6) is 0 Å². The lowest BCUT2D eigenvalue weighted by Gasteiger charge is -2.18. The Labute approximate surface area is 97.8 Å². The molecule has 1 unspecified atom stereocenters. The third-order valence-corrected chi connectivity index (χ3v) is 2.80. The first-order valence-corrected chi connectivity index (χ1v) is 5.49. The predicted octanol–water partition coefficient (Wildman–Crippen LogP) is 1.15. The summed E-state index contributed by atoms with van der Waals surface area (Å²) in [6.07, 6.45) is 0.0440. The van der Waals surface area contributed by atoms with Crippen LogP contribution < -0.4 is 5.32 Å². The Morgan fingerprint density at radius 2 is 2.18 bits per heavy atom. The zero-order chi connectivity index (χ0) is 13.1. The highest BCUT2D eigenvalue weighted by atomic mass is 19.3. The van der Waals surface area contributed by atoms with Gasteiger partial charge in [-0.25, -0.2) is 13.6 Å². The number of carboxylic acid groups (broad SMARTS) is 1. The zero-order valence-electron chi connectivity index (χ0n) is 9.58. The fourth-order valence-corrected chi connectivity index (χ4v) is 1.64. The molecule has 0 saturated carbocycles. The third kappa shape index (κ3) is 3.83. The normalized spacial score (nSPS) is 20.1. The number of urea groups is 1. The van der Waals surface area contributed by atoms with E-state index < -0.39 is 30.4 Å². The van der Waals surface area contributed by atoms with Gasteiger partial charge in [-0.1, -0.05) is 6.92 Å². The fourth-order valence-electron chi connectivity index (χ4n) is 1.64. The Bertz CT molecular complexity index is 310. The number of carboxylic acids is 1. The zero-order valence-corrected chi connectivity index (χ0v) is 9.58. The van der Waals surface area contributed by atoms with Crippen molar-refractivity contribution < 1.29 is 23.5 Å². The molecule has 1 aliphatic heterocycles. The van der Waals surface area contributed by atoms with Gasteiger partial charge in [0, 0.05) is 19.5 Å². The number of alkyl halides is 2. The first-order valence-electron chi connectivity index (χ1n) is 5.49. The van der Waals surface area contributed by atoms with Crippen molar-refractivity contribution in [1.29, 1.82) is 0 Å². The molecule has 2 N–H and O–H groups in total. The lowest BCUT2D eigenvalue weighted by molar-refractivity contribution is -0.141. The van der Waals surface area contributed by atoms with E-state index in [4.69, 9.17) is 5.11 Å². The molecular weight excluding hydrogens is 234 g/mol. The second-order valence-corrected chi connectivity index (χ2v) is 4.16. The maximum Gasteiger partial charge on any atom is 0.317 e. The monoisotopic (exact) mass is 250 g/mol. The highest BCUT2D eigenvalue weighted by Crippen LogP contribution is 2.26. The number of amides is 2. The SMILES string of the molecule is CCC(CNC(=O)N1CCC(F)(F)C1)C(=O)O. The molecule has 7 heteroatoms. The van der Waals surface area contributed by atoms with Gasteiger partial charge in [0.25, 0.3) is 5.92 Å². The van der Waals surface area contributed by atoms with E-state index >= 15 is 0 Å². The van der Waals surface area contributed by atoms with Crippen LogP contribution in [-0.4, -0.2) is 47.6 Å². The van der Waals surface area contributed by atoms with E-state index in [1.54, 1.807) is 6.92 Å². The molecule has 0 aromatic heterocycles. The number of likely N-dealkylation sites (tertiary alicyclic amines) is 1. The number of rotatable bonds is 4. The minimum absolute atomic E-state index is 0.00268. The summed E-state index contributed by atoms with van der Waals surface area (Å²) in [7, 11) is 0. The second-order valence-electron chi connectivity index (χ2n) is 4.16. The lowest BCUT2D eigenvalue weighted by Crippen LogP contribution is -2.42. The summed E-state index contributed by atoms with van der Waals surface area (Å²) in [5, 5.41) is 11.1. The largest absolute Gasteiger partial charge is 0.481 e. The first kappa shape index (κ1) is 13.7. The Morgan fingerprint density at radius 3 is 2.59 bits per heavy atom. The topological polar surface area (TPSA) is 69.6 Å². The van der Waals surface area contributed by atoms with E-state index in [9.17, 15) is 18.4 Å². The van der Waals surface area contributed by atoms with Crippen LogP contribution in [0.25, 0.3) is 0 Å². The molecule has 0 aromatic carbocycles. The lowest BCUT2D eigenvalue weighted by atomic mass is 10.1. The van der Waals surface area contributed by atoms with Crippen molar-refractivity contribution in [3.05, 3.63) is 0 Å². The van der Waals surface area contributed by atoms with Crippen LogP contribution >= 0.6 is 0 Å². The Kier molecular flexibility index (Phi) is 4.25. The molecule has 1 aliphatic rings. The Balaban J connectivity index is 2.38. The molecule has 1 fully saturated rings. The van der Waals surface area contributed by atoms with Crippen molar-refractivity contribution in [3.63, 3.8) is 0 Å². The Hall–Kier alpha value is -1.40. The summed E-state index contributed by atoms with van der Waals surface area (Å²) in [6.45, 7) is 1.06. The quantitative estimate of drug-likeness (QED) is 0.786. The van der Waals surface area contributed by atoms with Crippen LogP contribution in [0.15, 0.2) is 0 Å². The summed E-state index contributed by atoms with van der Waals surface area (Å²) >= 11 is 0. The van der Waals surface area contributed by atoms with E-state index in [0.29, 0.717) is 6.42 Å². The van der Waals surface area contributed by atoms with Gasteiger partial charge in [0.15, 0.2) is 0 Å². The van der Waals surface area contributed by atoms with Gasteiger partial charge in [0.05, 0.1) is 12.5 Å². The highest BCUT2D eigenvalue weighted by molar-refractivity contribution is 5.76. The summed E-state index contributed by atoms with van der Waals surface area (Å²) in [6, 6.07) is -0.623. The van der Waals surface area contributed by atoms with Crippen LogP contribution in [0.1, 0.15) is 19.8 Å². The minimum atomic E-state index is -2.83. The van der Waals surface area contributed by atoms with Gasteiger partial charge in [0.1, 0.15) is 0 Å². The van der Waals surface area contributed by atoms with Gasteiger partial charge in [-0.2, -0.15) is 0 Å². The minimum Gasteiger partial charge on any atom is -0.481 e. The van der Waals surface area contributed by atoms with Crippen molar-refractivity contribution in [2.24, 2.45) is 5.92 Å². The highest BCUT2D eigenvalue weighted by Gasteiger charge is 2.40. The Morgan fingerprint density at radius 1 is 1.53 bits per heavy atom. The number of carbonyl (C=O) groups excluding carboxylic acids is 1. The molecule has 1 saturated heterocycles. The standard InChI is InChI=1S/C10H16F2N2O3/c1-2-7(8(15)16)5-13-9(17)14-4-3-10(11,12)6-14/h7H,2-6H2,1H3,(H,13,17)(H,15,16). The average molecular weight is 250 g/mol. The molecule has 0 aromatic rings. The number of halogens is 2. The molecule has 1 atom stereocenters. The van der Waals surface area contributed by atoms with Crippen molar-refractivity contribution in [1.82, 2.24) is 10.2 Å². The molecule has 5 nitrogen and oxygen atoms in total. The molecule has 1 heterocycles. The number of hydrogen-bond acceptors (Lipinski definition) is 2. The van der Waals surface area contributed by atoms with Gasteiger partial charge in [0.2, 0.25) is 0 Å². The molecule has 98 valence electrons. The van der Waals surface area contributed by atoms with Crippen molar-refractivity contribution in [2.75, 3.05) is 19.6 Å². The second kappa shape index (κ2) is 5.29. The first-order chi connectivity index (χ1) is 7.85. The number of aliphatic carboxylic acids is 1. The molecule has 17 heavy (non-hydrogen) atoms. The smallest absolute Gasteiger partial charge is 0.317 e. The molecule has 0 bridgehead atoms. The number of hydrogen-bond donors (Lipinski definition) is 2. The van der Waals surface area contributed by atoms with Gasteiger partial charge in [-0.15, -0.1) is 0 Å². The van der Waals surface area contributed by atoms with Gasteiger partial charge in [-0.05, 0) is 6.42 Å². The van der Waals surface area contributed by atoms with Gasteiger partial charge < -0.3 is 15.3 Å². The average Bonchev–Trinajstić information content (AvgIpc) is 2.59. The fraction of sp³-hybridized carbons (Fsp3) is 0.800.